The van der Waals surface area contributed by atoms with Gasteiger partial charge in [-0.1, -0.05) is 55.8 Å². The van der Waals surface area contributed by atoms with Crippen LogP contribution in [0.4, 0.5) is 0 Å². The average molecular weight is 512 g/mol. The van der Waals surface area contributed by atoms with Gasteiger partial charge in [0.15, 0.2) is 17.3 Å². The Labute approximate surface area is 215 Å². The third kappa shape index (κ3) is 4.93. The quantitative estimate of drug-likeness (QED) is 0.496. The molecule has 2 aromatic rings. The fraction of sp³-hybridized carbons (Fsp3) is 0.357. The predicted octanol–water partition coefficient (Wildman–Crippen LogP) is 5.42. The number of esters is 1. The van der Waals surface area contributed by atoms with Gasteiger partial charge in [-0.05, 0) is 24.5 Å². The fourth-order valence-electron chi connectivity index (χ4n) is 4.74. The molecular formula is C28H30ClNO6. The van der Waals surface area contributed by atoms with Crippen LogP contribution in [0.1, 0.15) is 50.7 Å². The Morgan fingerprint density at radius 3 is 2.61 bits per heavy atom. The van der Waals surface area contributed by atoms with Crippen molar-refractivity contribution < 1.29 is 28.5 Å². The van der Waals surface area contributed by atoms with Crippen LogP contribution in [0.15, 0.2) is 65.3 Å². The summed E-state index contributed by atoms with van der Waals surface area (Å²) in [4.78, 5) is 26.6. The van der Waals surface area contributed by atoms with E-state index in [0.29, 0.717) is 46.3 Å². The number of carbonyl (C=O) groups excluding carboxylic acids is 2. The molecule has 0 fully saturated rings. The van der Waals surface area contributed by atoms with E-state index in [4.69, 9.17) is 36.3 Å². The normalized spacial score (nSPS) is 18.9. The van der Waals surface area contributed by atoms with Crippen LogP contribution in [0.2, 0.25) is 5.02 Å². The van der Waals surface area contributed by atoms with Crippen LogP contribution in [0.25, 0.3) is 0 Å². The summed E-state index contributed by atoms with van der Waals surface area (Å²) in [6.45, 7) is 5.99. The molecule has 1 aliphatic carbocycles. The predicted molar refractivity (Wildman–Crippen MR) is 135 cm³/mol. The van der Waals surface area contributed by atoms with E-state index in [2.05, 4.69) is 0 Å². The summed E-state index contributed by atoms with van der Waals surface area (Å²) in [5.74, 6) is -0.393. The molecule has 1 atom stereocenters. The molecule has 0 bridgehead atoms. The van der Waals surface area contributed by atoms with Gasteiger partial charge in [0.2, 0.25) is 5.88 Å². The molecule has 1 heterocycles. The molecule has 0 amide bonds. The molecule has 0 saturated carbocycles. The summed E-state index contributed by atoms with van der Waals surface area (Å²) in [7, 11) is 1.53. The van der Waals surface area contributed by atoms with Crippen LogP contribution >= 0.6 is 11.6 Å². The van der Waals surface area contributed by atoms with E-state index in [-0.39, 0.29) is 35.9 Å². The number of rotatable bonds is 7. The van der Waals surface area contributed by atoms with Gasteiger partial charge in [0, 0.05) is 34.6 Å². The Kier molecular flexibility index (Phi) is 7.31. The minimum absolute atomic E-state index is 0.0690. The number of carbonyl (C=O) groups is 2. The summed E-state index contributed by atoms with van der Waals surface area (Å²) in [5, 5.41) is 0.561. The highest BCUT2D eigenvalue weighted by molar-refractivity contribution is 6.31. The Bertz CT molecular complexity index is 1260. The van der Waals surface area contributed by atoms with Crippen molar-refractivity contribution in [2.75, 3.05) is 13.7 Å². The van der Waals surface area contributed by atoms with Crippen LogP contribution in [-0.4, -0.2) is 25.5 Å². The Morgan fingerprint density at radius 2 is 1.92 bits per heavy atom. The number of allylic oxidation sites excluding steroid dienone is 2. The number of hydrogen-bond acceptors (Lipinski definition) is 7. The lowest BCUT2D eigenvalue weighted by atomic mass is 9.70. The van der Waals surface area contributed by atoms with E-state index < -0.39 is 11.9 Å². The zero-order valence-corrected chi connectivity index (χ0v) is 21.6. The first kappa shape index (κ1) is 25.6. The molecule has 2 N–H and O–H groups in total. The van der Waals surface area contributed by atoms with Crippen LogP contribution in [0.5, 0.6) is 11.5 Å². The summed E-state index contributed by atoms with van der Waals surface area (Å²) < 4.78 is 23.1. The lowest BCUT2D eigenvalue weighted by Gasteiger charge is -2.38. The number of methoxy groups -OCH3 is 1. The second-order valence-electron chi connectivity index (χ2n) is 9.57. The highest BCUT2D eigenvalue weighted by Crippen LogP contribution is 2.51. The number of halogens is 1. The maximum Gasteiger partial charge on any atom is 0.340 e. The first-order valence-corrected chi connectivity index (χ1v) is 12.2. The van der Waals surface area contributed by atoms with Crippen LogP contribution in [0, 0.1) is 5.41 Å². The molecule has 7 nitrogen and oxygen atoms in total. The number of ether oxygens (including phenoxy) is 4. The first-order chi connectivity index (χ1) is 17.2. The smallest absolute Gasteiger partial charge is 0.340 e. The molecule has 190 valence electrons. The van der Waals surface area contributed by atoms with E-state index in [0.717, 1.165) is 5.56 Å². The van der Waals surface area contributed by atoms with Crippen molar-refractivity contribution in [1.82, 2.24) is 0 Å². The highest BCUT2D eigenvalue weighted by atomic mass is 35.5. The summed E-state index contributed by atoms with van der Waals surface area (Å²) >= 11 is 6.34. The summed E-state index contributed by atoms with van der Waals surface area (Å²) in [5.41, 5.74) is 7.79. The molecule has 0 saturated heterocycles. The lowest BCUT2D eigenvalue weighted by molar-refractivity contribution is -0.139. The standard InChI is InChI=1S/C28H30ClNO6/c1-5-34-27(32)24-22(23-19(31)13-28(2,3)14-21(23)36-26(24)30)17-10-8-12-20(33-4)25(17)35-15-16-9-6-7-11-18(16)29/h6-12,22H,5,13-15,30H2,1-4H3. The Morgan fingerprint density at radius 1 is 1.17 bits per heavy atom. The van der Waals surface area contributed by atoms with Crippen molar-refractivity contribution >= 4 is 23.4 Å². The van der Waals surface area contributed by atoms with E-state index in [1.807, 2.05) is 32.0 Å². The van der Waals surface area contributed by atoms with Crippen molar-refractivity contribution in [2.45, 2.75) is 46.1 Å². The van der Waals surface area contributed by atoms with Crippen LogP contribution in [0.3, 0.4) is 0 Å². The molecule has 0 aromatic heterocycles. The van der Waals surface area contributed by atoms with Gasteiger partial charge in [-0.15, -0.1) is 0 Å². The summed E-state index contributed by atoms with van der Waals surface area (Å²) in [6.07, 6.45) is 0.808. The van der Waals surface area contributed by atoms with E-state index in [9.17, 15) is 9.59 Å². The van der Waals surface area contributed by atoms with Crippen molar-refractivity contribution in [3.8, 4) is 11.5 Å². The van der Waals surface area contributed by atoms with E-state index in [1.165, 1.54) is 7.11 Å². The zero-order valence-electron chi connectivity index (χ0n) is 20.9. The second kappa shape index (κ2) is 10.3. The van der Waals surface area contributed by atoms with Gasteiger partial charge >= 0.3 is 5.97 Å². The summed E-state index contributed by atoms with van der Waals surface area (Å²) in [6, 6.07) is 12.7. The molecule has 2 aromatic carbocycles. The highest BCUT2D eigenvalue weighted by Gasteiger charge is 2.46. The number of hydrogen-bond donors (Lipinski definition) is 1. The van der Waals surface area contributed by atoms with Gasteiger partial charge < -0.3 is 24.7 Å². The van der Waals surface area contributed by atoms with Gasteiger partial charge in [0.25, 0.3) is 0 Å². The van der Waals surface area contributed by atoms with Gasteiger partial charge in [-0.3, -0.25) is 4.79 Å². The topological polar surface area (TPSA) is 97.1 Å². The number of ketones is 1. The van der Waals surface area contributed by atoms with E-state index >= 15 is 0 Å². The van der Waals surface area contributed by atoms with Crippen molar-refractivity contribution in [2.24, 2.45) is 11.1 Å². The molecule has 1 unspecified atom stereocenters. The average Bonchev–Trinajstić information content (AvgIpc) is 2.81. The molecule has 0 radical (unpaired) electrons. The second-order valence-corrected chi connectivity index (χ2v) is 9.98. The van der Waals surface area contributed by atoms with Crippen molar-refractivity contribution in [3.63, 3.8) is 0 Å². The van der Waals surface area contributed by atoms with Crippen LogP contribution in [-0.2, 0) is 25.7 Å². The first-order valence-electron chi connectivity index (χ1n) is 11.8. The lowest BCUT2D eigenvalue weighted by Crippen LogP contribution is -2.36. The molecule has 36 heavy (non-hydrogen) atoms. The molecule has 2 aliphatic rings. The van der Waals surface area contributed by atoms with Gasteiger partial charge in [-0.2, -0.15) is 0 Å². The van der Waals surface area contributed by atoms with Gasteiger partial charge in [0.05, 0.1) is 19.6 Å². The fourth-order valence-corrected chi connectivity index (χ4v) is 4.93. The van der Waals surface area contributed by atoms with Gasteiger partial charge in [-0.25, -0.2) is 4.79 Å². The number of benzene rings is 2. The molecule has 8 heteroatoms. The largest absolute Gasteiger partial charge is 0.493 e. The number of para-hydroxylation sites is 1. The third-order valence-electron chi connectivity index (χ3n) is 6.32. The minimum Gasteiger partial charge on any atom is -0.493 e. The SMILES string of the molecule is CCOC(=O)C1=C(N)OC2=C(C(=O)CC(C)(C)C2)C1c1cccc(OC)c1OCc1ccccc1Cl. The monoisotopic (exact) mass is 511 g/mol. The molecule has 0 spiro atoms. The molecular weight excluding hydrogens is 482 g/mol. The molecule has 4 rings (SSSR count). The molecule has 1 aliphatic heterocycles. The Hall–Kier alpha value is -3.45. The maximum absolute atomic E-state index is 13.5. The van der Waals surface area contributed by atoms with E-state index in [1.54, 1.807) is 31.2 Å². The van der Waals surface area contributed by atoms with Crippen molar-refractivity contribution in [3.05, 3.63) is 81.4 Å². The van der Waals surface area contributed by atoms with Crippen molar-refractivity contribution in [1.29, 1.82) is 0 Å². The maximum atomic E-state index is 13.5. The minimum atomic E-state index is -0.840. The number of nitrogens with two attached hydrogens (primary N) is 1. The Balaban J connectivity index is 1.88. The van der Waals surface area contributed by atoms with Gasteiger partial charge in [0.1, 0.15) is 17.9 Å². The zero-order chi connectivity index (χ0) is 26.0. The third-order valence-corrected chi connectivity index (χ3v) is 6.69. The number of Topliss-reactive ketones (excluding diaryl/α,β-unsaturated/α-hetero) is 1. The van der Waals surface area contributed by atoms with Crippen LogP contribution < -0.4 is 15.2 Å².